The average molecular weight is 612 g/mol. The molecule has 2 amide bonds. The van der Waals surface area contributed by atoms with Crippen LogP contribution in [0.4, 0.5) is 22.0 Å². The normalized spacial score (nSPS) is 22.1. The number of alkyl halides is 5. The van der Waals surface area contributed by atoms with Gasteiger partial charge in [0.1, 0.15) is 6.33 Å². The van der Waals surface area contributed by atoms with Crippen molar-refractivity contribution in [3.05, 3.63) is 35.4 Å². The van der Waals surface area contributed by atoms with Crippen LogP contribution in [0.3, 0.4) is 0 Å². The molecule has 16 heteroatoms. The van der Waals surface area contributed by atoms with E-state index in [1.54, 1.807) is 6.92 Å². The molecular weight excluding hydrogens is 577 g/mol. The van der Waals surface area contributed by atoms with Crippen LogP contribution in [0.25, 0.3) is 5.78 Å². The lowest BCUT2D eigenvalue weighted by atomic mass is 9.81. The summed E-state index contributed by atoms with van der Waals surface area (Å²) >= 11 is 0. The molecule has 3 aromatic heterocycles. The van der Waals surface area contributed by atoms with E-state index in [2.05, 4.69) is 35.8 Å². The number of hydrogen-bond acceptors (Lipinski definition) is 7. The highest BCUT2D eigenvalue weighted by molar-refractivity contribution is 5.90. The third-order valence-corrected chi connectivity index (χ3v) is 8.30. The molecule has 2 N–H and O–H groups in total. The molecular formula is C27H34F5N9O2. The van der Waals surface area contributed by atoms with Crippen molar-refractivity contribution in [2.24, 2.45) is 17.8 Å². The lowest BCUT2D eigenvalue weighted by Crippen LogP contribution is -2.47. The maximum atomic E-state index is 14.0. The van der Waals surface area contributed by atoms with Gasteiger partial charge in [0.2, 0.25) is 17.7 Å². The second kappa shape index (κ2) is 11.8. The van der Waals surface area contributed by atoms with E-state index in [-0.39, 0.29) is 62.0 Å². The first-order valence-electron chi connectivity index (χ1n) is 14.4. The molecule has 234 valence electrons. The molecule has 43 heavy (non-hydrogen) atoms. The molecule has 2 aliphatic rings. The molecule has 1 aliphatic carbocycles. The Bertz CT molecular complexity index is 1480. The lowest BCUT2D eigenvalue weighted by Gasteiger charge is -2.33. The summed E-state index contributed by atoms with van der Waals surface area (Å²) in [5, 5.41) is 13.9. The Morgan fingerprint density at radius 1 is 1.21 bits per heavy atom. The minimum atomic E-state index is -4.44. The van der Waals surface area contributed by atoms with Gasteiger partial charge in [-0.05, 0) is 38.0 Å². The van der Waals surface area contributed by atoms with E-state index < -0.39 is 48.3 Å². The van der Waals surface area contributed by atoms with Crippen molar-refractivity contribution in [1.82, 2.24) is 45.0 Å². The third kappa shape index (κ3) is 6.61. The van der Waals surface area contributed by atoms with E-state index in [1.165, 1.54) is 21.7 Å². The molecule has 4 heterocycles. The van der Waals surface area contributed by atoms with Gasteiger partial charge >= 0.3 is 6.18 Å². The first kappa shape index (κ1) is 30.7. The van der Waals surface area contributed by atoms with Crippen molar-refractivity contribution in [1.29, 1.82) is 0 Å². The smallest absolute Gasteiger partial charge is 0.355 e. The van der Waals surface area contributed by atoms with Gasteiger partial charge in [-0.1, -0.05) is 13.8 Å². The van der Waals surface area contributed by atoms with Gasteiger partial charge in [-0.25, -0.2) is 32.9 Å². The second-order valence-corrected chi connectivity index (χ2v) is 11.7. The number of carbonyl (C=O) groups excluding carboxylic acids is 2. The minimum Gasteiger partial charge on any atom is -0.355 e. The van der Waals surface area contributed by atoms with Gasteiger partial charge in [0.05, 0.1) is 35.2 Å². The topological polar surface area (TPSA) is 132 Å². The molecule has 3 aromatic rings. The Kier molecular flexibility index (Phi) is 8.40. The van der Waals surface area contributed by atoms with Crippen LogP contribution in [0.5, 0.6) is 0 Å². The van der Waals surface area contributed by atoms with Crippen molar-refractivity contribution in [2.75, 3.05) is 6.54 Å². The van der Waals surface area contributed by atoms with Crippen LogP contribution in [0.2, 0.25) is 0 Å². The quantitative estimate of drug-likeness (QED) is 0.368. The monoisotopic (exact) mass is 611 g/mol. The summed E-state index contributed by atoms with van der Waals surface area (Å²) in [5.41, 5.74) is 1.20. The SMILES string of the molecule is CCn1ncnc1C(=O)N[C@H](c1cn2nc(C[C@H]3C[C@@H](C(F)(F)F)CNC3=O)c(C(C)C)nc2n1)C1CCC(F)(F)CC1. The molecule has 5 rings (SSSR count). The van der Waals surface area contributed by atoms with Crippen LogP contribution in [0, 0.1) is 17.8 Å². The van der Waals surface area contributed by atoms with E-state index >= 15 is 0 Å². The molecule has 11 nitrogen and oxygen atoms in total. The number of carbonyl (C=O) groups is 2. The molecule has 0 radical (unpaired) electrons. The Morgan fingerprint density at radius 2 is 1.93 bits per heavy atom. The van der Waals surface area contributed by atoms with Gasteiger partial charge in [-0.15, -0.1) is 0 Å². The van der Waals surface area contributed by atoms with E-state index in [4.69, 9.17) is 0 Å². The molecule has 3 atom stereocenters. The Balaban J connectivity index is 1.48. The standard InChI is InChI=1S/C27H34F5N9O2/c1-4-40-22(34-13-35-40)24(43)37-21(15-5-7-26(28,29)8-6-15)19-12-41-25(36-19)38-20(14(2)3)18(39-41)10-16-9-17(27(30,31)32)11-33-23(16)42/h12-17,21H,4-11H2,1-3H3,(H,33,42)(H,37,43)/t16-,17-,21+/m1/s1. The van der Waals surface area contributed by atoms with E-state index in [0.29, 0.717) is 23.6 Å². The third-order valence-electron chi connectivity index (χ3n) is 8.30. The fourth-order valence-electron chi connectivity index (χ4n) is 5.91. The Morgan fingerprint density at radius 3 is 2.58 bits per heavy atom. The summed E-state index contributed by atoms with van der Waals surface area (Å²) < 4.78 is 71.1. The molecule has 2 fully saturated rings. The maximum absolute atomic E-state index is 14.0. The van der Waals surface area contributed by atoms with Crippen LogP contribution < -0.4 is 10.6 Å². The van der Waals surface area contributed by atoms with Crippen molar-refractivity contribution < 1.29 is 31.5 Å². The van der Waals surface area contributed by atoms with E-state index in [9.17, 15) is 31.5 Å². The fraction of sp³-hybridized carbons (Fsp3) is 0.667. The lowest BCUT2D eigenvalue weighted by molar-refractivity contribution is -0.183. The number of aromatic nitrogens is 7. The molecule has 1 aliphatic heterocycles. The van der Waals surface area contributed by atoms with Crippen molar-refractivity contribution >= 4 is 17.6 Å². The first-order chi connectivity index (χ1) is 20.3. The number of nitrogens with zero attached hydrogens (tertiary/aromatic N) is 7. The van der Waals surface area contributed by atoms with Crippen LogP contribution in [-0.4, -0.2) is 64.8 Å². The number of aryl methyl sites for hydroxylation is 1. The van der Waals surface area contributed by atoms with E-state index in [1.807, 2.05) is 13.8 Å². The number of piperidine rings is 1. The predicted octanol–water partition coefficient (Wildman–Crippen LogP) is 4.01. The number of nitrogens with one attached hydrogen (secondary N) is 2. The molecule has 0 bridgehead atoms. The average Bonchev–Trinajstić information content (AvgIpc) is 3.58. The Labute approximate surface area is 244 Å². The van der Waals surface area contributed by atoms with Gasteiger partial charge < -0.3 is 10.6 Å². The van der Waals surface area contributed by atoms with Crippen LogP contribution >= 0.6 is 0 Å². The number of rotatable bonds is 8. The summed E-state index contributed by atoms with van der Waals surface area (Å²) in [4.78, 5) is 39.0. The largest absolute Gasteiger partial charge is 0.393 e. The highest BCUT2D eigenvalue weighted by Gasteiger charge is 2.45. The van der Waals surface area contributed by atoms with Crippen LogP contribution in [0.1, 0.15) is 92.5 Å². The van der Waals surface area contributed by atoms with E-state index in [0.717, 1.165) is 0 Å². The molecule has 1 saturated heterocycles. The summed E-state index contributed by atoms with van der Waals surface area (Å²) in [5.74, 6) is -6.69. The fourth-order valence-corrected chi connectivity index (χ4v) is 5.91. The summed E-state index contributed by atoms with van der Waals surface area (Å²) in [7, 11) is 0. The second-order valence-electron chi connectivity index (χ2n) is 11.7. The van der Waals surface area contributed by atoms with Gasteiger partial charge in [-0.3, -0.25) is 9.59 Å². The van der Waals surface area contributed by atoms with Crippen LogP contribution in [-0.2, 0) is 17.8 Å². The van der Waals surface area contributed by atoms with Crippen molar-refractivity contribution in [2.45, 2.75) is 89.9 Å². The summed E-state index contributed by atoms with van der Waals surface area (Å²) in [6.45, 7) is 5.44. The number of hydrogen-bond donors (Lipinski definition) is 2. The van der Waals surface area contributed by atoms with Crippen molar-refractivity contribution in [3.63, 3.8) is 0 Å². The maximum Gasteiger partial charge on any atom is 0.393 e. The first-order valence-corrected chi connectivity index (χ1v) is 14.4. The molecule has 0 aromatic carbocycles. The zero-order valence-electron chi connectivity index (χ0n) is 24.0. The van der Waals surface area contributed by atoms with Crippen molar-refractivity contribution in [3.8, 4) is 0 Å². The van der Waals surface area contributed by atoms with Gasteiger partial charge in [-0.2, -0.15) is 23.4 Å². The van der Waals surface area contributed by atoms with Crippen LogP contribution in [0.15, 0.2) is 12.5 Å². The molecule has 0 unspecified atom stereocenters. The number of fused-ring (bicyclic) bond motifs is 1. The summed E-state index contributed by atoms with van der Waals surface area (Å²) in [6, 6.07) is -0.767. The molecule has 1 saturated carbocycles. The number of imidazole rings is 1. The highest BCUT2D eigenvalue weighted by atomic mass is 19.4. The minimum absolute atomic E-state index is 0.0487. The van der Waals surface area contributed by atoms with Gasteiger partial charge in [0.25, 0.3) is 11.7 Å². The van der Waals surface area contributed by atoms with Gasteiger partial charge in [0, 0.05) is 38.3 Å². The number of amides is 2. The summed E-state index contributed by atoms with van der Waals surface area (Å²) in [6.07, 6.45) is -2.42. The van der Waals surface area contributed by atoms with Gasteiger partial charge in [0.15, 0.2) is 0 Å². The Hall–Kier alpha value is -3.72. The zero-order chi connectivity index (χ0) is 31.1. The zero-order valence-corrected chi connectivity index (χ0v) is 24.0. The molecule has 0 spiro atoms. The highest BCUT2D eigenvalue weighted by Crippen LogP contribution is 2.41. The predicted molar refractivity (Wildman–Crippen MR) is 142 cm³/mol. The number of halogens is 5.